The minimum atomic E-state index is -4.09. The molecule has 1 aliphatic rings. The Bertz CT molecular complexity index is 646. The number of hydrogen-bond acceptors (Lipinski definition) is 4. The van der Waals surface area contributed by atoms with Gasteiger partial charge in [-0.05, 0) is 31.5 Å². The summed E-state index contributed by atoms with van der Waals surface area (Å²) >= 11 is 0. The number of aromatic carboxylic acids is 1. The first-order chi connectivity index (χ1) is 9.82. The SMILES string of the molecule is CC1CN(S(=O)(=O)c2cc(C(=O)O)ccc2F)CCCO1. The van der Waals surface area contributed by atoms with Crippen molar-refractivity contribution in [1.82, 2.24) is 4.31 Å². The van der Waals surface area contributed by atoms with Gasteiger partial charge in [-0.3, -0.25) is 0 Å². The van der Waals surface area contributed by atoms with Crippen molar-refractivity contribution in [2.75, 3.05) is 19.7 Å². The molecule has 0 radical (unpaired) electrons. The molecule has 116 valence electrons. The van der Waals surface area contributed by atoms with Gasteiger partial charge in [0.2, 0.25) is 10.0 Å². The number of nitrogens with zero attached hydrogens (tertiary/aromatic N) is 1. The lowest BCUT2D eigenvalue weighted by molar-refractivity contribution is 0.0696. The fourth-order valence-corrected chi connectivity index (χ4v) is 3.79. The van der Waals surface area contributed by atoms with Gasteiger partial charge in [-0.25, -0.2) is 17.6 Å². The van der Waals surface area contributed by atoms with Gasteiger partial charge < -0.3 is 9.84 Å². The average Bonchev–Trinajstić information content (AvgIpc) is 2.64. The van der Waals surface area contributed by atoms with Crippen LogP contribution < -0.4 is 0 Å². The molecular formula is C13H16FNO5S. The molecule has 1 aromatic rings. The smallest absolute Gasteiger partial charge is 0.335 e. The van der Waals surface area contributed by atoms with E-state index in [0.29, 0.717) is 13.0 Å². The molecule has 1 fully saturated rings. The van der Waals surface area contributed by atoms with E-state index in [1.807, 2.05) is 0 Å². The van der Waals surface area contributed by atoms with Crippen LogP contribution in [0, 0.1) is 5.82 Å². The van der Waals surface area contributed by atoms with Gasteiger partial charge in [-0.2, -0.15) is 4.31 Å². The number of carbonyl (C=O) groups is 1. The van der Waals surface area contributed by atoms with Crippen molar-refractivity contribution in [2.24, 2.45) is 0 Å². The van der Waals surface area contributed by atoms with E-state index in [9.17, 15) is 17.6 Å². The summed E-state index contributed by atoms with van der Waals surface area (Å²) in [6, 6.07) is 2.74. The van der Waals surface area contributed by atoms with Crippen molar-refractivity contribution in [3.63, 3.8) is 0 Å². The highest BCUT2D eigenvalue weighted by atomic mass is 32.2. The molecule has 1 aliphatic heterocycles. The van der Waals surface area contributed by atoms with Crippen molar-refractivity contribution in [3.05, 3.63) is 29.6 Å². The van der Waals surface area contributed by atoms with Gasteiger partial charge in [0, 0.05) is 19.7 Å². The summed E-state index contributed by atoms with van der Waals surface area (Å²) in [6.07, 6.45) is 0.206. The van der Waals surface area contributed by atoms with Crippen LogP contribution in [0.15, 0.2) is 23.1 Å². The van der Waals surface area contributed by atoms with Crippen LogP contribution in [0.1, 0.15) is 23.7 Å². The number of benzene rings is 1. The van der Waals surface area contributed by atoms with Crippen LogP contribution in [0.25, 0.3) is 0 Å². The molecule has 1 heterocycles. The lowest BCUT2D eigenvalue weighted by Crippen LogP contribution is -2.36. The minimum absolute atomic E-state index is 0.110. The highest BCUT2D eigenvalue weighted by molar-refractivity contribution is 7.89. The number of halogens is 1. The molecule has 1 saturated heterocycles. The molecule has 0 amide bonds. The summed E-state index contributed by atoms with van der Waals surface area (Å²) in [4.78, 5) is 10.3. The summed E-state index contributed by atoms with van der Waals surface area (Å²) in [5.74, 6) is -2.27. The summed E-state index contributed by atoms with van der Waals surface area (Å²) in [7, 11) is -4.09. The Hall–Kier alpha value is -1.51. The minimum Gasteiger partial charge on any atom is -0.478 e. The standard InChI is InChI=1S/C13H16FNO5S/c1-9-8-15(5-2-6-20-9)21(18,19)12-7-10(13(16)17)3-4-11(12)14/h3-4,7,9H,2,5-6,8H2,1H3,(H,16,17). The molecule has 1 atom stereocenters. The van der Waals surface area contributed by atoms with Crippen molar-refractivity contribution in [3.8, 4) is 0 Å². The highest BCUT2D eigenvalue weighted by Gasteiger charge is 2.30. The quantitative estimate of drug-likeness (QED) is 0.909. The maximum absolute atomic E-state index is 13.9. The summed E-state index contributed by atoms with van der Waals surface area (Å²) in [5.41, 5.74) is -0.269. The number of carboxylic acid groups (broad SMARTS) is 1. The topological polar surface area (TPSA) is 83.9 Å². The Balaban J connectivity index is 2.43. The van der Waals surface area contributed by atoms with E-state index in [2.05, 4.69) is 0 Å². The second-order valence-corrected chi connectivity index (χ2v) is 6.75. The molecule has 0 bridgehead atoms. The molecule has 1 aromatic carbocycles. The molecule has 0 spiro atoms. The highest BCUT2D eigenvalue weighted by Crippen LogP contribution is 2.23. The fraction of sp³-hybridized carbons (Fsp3) is 0.462. The number of hydrogen-bond donors (Lipinski definition) is 1. The number of sulfonamides is 1. The van der Waals surface area contributed by atoms with Crippen LogP contribution in [-0.4, -0.2) is 49.6 Å². The van der Waals surface area contributed by atoms with Crippen LogP contribution in [0.3, 0.4) is 0 Å². The molecule has 21 heavy (non-hydrogen) atoms. The van der Waals surface area contributed by atoms with Gasteiger partial charge in [0.05, 0.1) is 11.7 Å². The lowest BCUT2D eigenvalue weighted by Gasteiger charge is -2.22. The van der Waals surface area contributed by atoms with Gasteiger partial charge in [0.1, 0.15) is 10.7 Å². The van der Waals surface area contributed by atoms with Crippen LogP contribution in [0.2, 0.25) is 0 Å². The number of ether oxygens (including phenoxy) is 1. The van der Waals surface area contributed by atoms with E-state index in [1.54, 1.807) is 6.92 Å². The zero-order valence-electron chi connectivity index (χ0n) is 11.5. The summed E-state index contributed by atoms with van der Waals surface area (Å²) in [6.45, 7) is 2.49. The molecule has 2 rings (SSSR count). The fourth-order valence-electron chi connectivity index (χ4n) is 2.15. The number of carboxylic acids is 1. The third-order valence-corrected chi connectivity index (χ3v) is 5.09. The molecule has 1 N–H and O–H groups in total. The first-order valence-corrected chi connectivity index (χ1v) is 7.91. The second-order valence-electron chi connectivity index (χ2n) is 4.85. The first-order valence-electron chi connectivity index (χ1n) is 6.47. The zero-order valence-corrected chi connectivity index (χ0v) is 12.3. The van der Waals surface area contributed by atoms with Crippen molar-refractivity contribution < 1.29 is 27.4 Å². The molecular weight excluding hydrogens is 301 g/mol. The number of rotatable bonds is 3. The Morgan fingerprint density at radius 2 is 2.19 bits per heavy atom. The third kappa shape index (κ3) is 3.39. The summed E-state index contributed by atoms with van der Waals surface area (Å²) < 4.78 is 45.4. The normalized spacial score (nSPS) is 21.0. The second kappa shape index (κ2) is 6.08. The van der Waals surface area contributed by atoms with Crippen LogP contribution in [-0.2, 0) is 14.8 Å². The Kier molecular flexibility index (Phi) is 4.60. The van der Waals surface area contributed by atoms with E-state index in [4.69, 9.17) is 9.84 Å². The van der Waals surface area contributed by atoms with Gasteiger partial charge in [-0.1, -0.05) is 0 Å². The van der Waals surface area contributed by atoms with Gasteiger partial charge in [0.25, 0.3) is 0 Å². The summed E-state index contributed by atoms with van der Waals surface area (Å²) in [5, 5.41) is 8.91. The predicted molar refractivity (Wildman–Crippen MR) is 72.1 cm³/mol. The lowest BCUT2D eigenvalue weighted by atomic mass is 10.2. The maximum atomic E-state index is 13.9. The Morgan fingerprint density at radius 3 is 2.86 bits per heavy atom. The molecule has 6 nitrogen and oxygen atoms in total. The monoisotopic (exact) mass is 317 g/mol. The third-order valence-electron chi connectivity index (χ3n) is 3.21. The van der Waals surface area contributed by atoms with Crippen LogP contribution in [0.5, 0.6) is 0 Å². The van der Waals surface area contributed by atoms with Gasteiger partial charge in [-0.15, -0.1) is 0 Å². The van der Waals surface area contributed by atoms with Gasteiger partial charge >= 0.3 is 5.97 Å². The van der Waals surface area contributed by atoms with Crippen LogP contribution in [0.4, 0.5) is 4.39 Å². The molecule has 0 aliphatic carbocycles. The zero-order chi connectivity index (χ0) is 15.6. The first kappa shape index (κ1) is 15.9. The van der Waals surface area contributed by atoms with E-state index in [-0.39, 0.29) is 24.8 Å². The van der Waals surface area contributed by atoms with E-state index < -0.39 is 26.7 Å². The molecule has 1 unspecified atom stereocenters. The van der Waals surface area contributed by atoms with E-state index in [1.165, 1.54) is 0 Å². The Morgan fingerprint density at radius 1 is 1.48 bits per heavy atom. The average molecular weight is 317 g/mol. The maximum Gasteiger partial charge on any atom is 0.335 e. The molecule has 0 aromatic heterocycles. The van der Waals surface area contributed by atoms with Crippen molar-refractivity contribution in [2.45, 2.75) is 24.3 Å². The van der Waals surface area contributed by atoms with E-state index in [0.717, 1.165) is 22.5 Å². The van der Waals surface area contributed by atoms with E-state index >= 15 is 0 Å². The van der Waals surface area contributed by atoms with Crippen LogP contribution >= 0.6 is 0 Å². The van der Waals surface area contributed by atoms with Crippen molar-refractivity contribution in [1.29, 1.82) is 0 Å². The molecule has 8 heteroatoms. The van der Waals surface area contributed by atoms with Gasteiger partial charge in [0.15, 0.2) is 0 Å². The Labute approximate surface area is 122 Å². The largest absolute Gasteiger partial charge is 0.478 e. The predicted octanol–water partition coefficient (Wildman–Crippen LogP) is 1.32. The van der Waals surface area contributed by atoms with Crippen molar-refractivity contribution >= 4 is 16.0 Å². The molecule has 0 saturated carbocycles.